The molecule has 4 aromatic rings. The van der Waals surface area contributed by atoms with E-state index in [1.807, 2.05) is 30.3 Å². The van der Waals surface area contributed by atoms with Crippen LogP contribution in [0.5, 0.6) is 0 Å². The van der Waals surface area contributed by atoms with Gasteiger partial charge in [0.2, 0.25) is 0 Å². The van der Waals surface area contributed by atoms with Crippen LogP contribution in [0.15, 0.2) is 73.1 Å². The summed E-state index contributed by atoms with van der Waals surface area (Å²) in [5, 5.41) is 10.8. The van der Waals surface area contributed by atoms with Crippen LogP contribution < -0.4 is 10.6 Å². The standard InChI is InChI=1S/C28H27ClF2N6O2/c1-39-13-12-36-16-21(19-9-10-22(30)23(31)14-19)24(17-36)33-28(38)34-27-25(29)26(18-6-3-2-4-7-18)35-37(27)20-8-5-11-32-15-20/h2-11,14-15,21,24H,12-13,16-17H2,1H3,(H2,33,34,38). The van der Waals surface area contributed by atoms with Crippen LogP contribution in [0, 0.1) is 11.6 Å². The number of nitrogens with zero attached hydrogens (tertiary/aromatic N) is 4. The van der Waals surface area contributed by atoms with Gasteiger partial charge in [-0.2, -0.15) is 5.10 Å². The average molecular weight is 553 g/mol. The van der Waals surface area contributed by atoms with Gasteiger partial charge in [0.15, 0.2) is 17.5 Å². The monoisotopic (exact) mass is 552 g/mol. The molecule has 2 amide bonds. The Morgan fingerprint density at radius 3 is 2.64 bits per heavy atom. The summed E-state index contributed by atoms with van der Waals surface area (Å²) in [5.41, 5.74) is 2.51. The lowest BCUT2D eigenvalue weighted by atomic mass is 9.94. The molecule has 0 spiro atoms. The number of methoxy groups -OCH3 is 1. The molecule has 1 saturated heterocycles. The lowest BCUT2D eigenvalue weighted by Gasteiger charge is -2.21. The molecule has 2 unspecified atom stereocenters. The summed E-state index contributed by atoms with van der Waals surface area (Å²) in [4.78, 5) is 19.6. The highest BCUT2D eigenvalue weighted by Gasteiger charge is 2.35. The third-order valence-corrected chi connectivity index (χ3v) is 7.05. The van der Waals surface area contributed by atoms with Crippen LogP contribution in [-0.4, -0.2) is 65.1 Å². The molecule has 2 atom stereocenters. The number of likely N-dealkylation sites (tertiary alicyclic amines) is 1. The Hall–Kier alpha value is -3.86. The van der Waals surface area contributed by atoms with Crippen molar-refractivity contribution < 1.29 is 18.3 Å². The Balaban J connectivity index is 1.42. The maximum Gasteiger partial charge on any atom is 0.320 e. The summed E-state index contributed by atoms with van der Waals surface area (Å²) in [6.45, 7) is 2.19. The first-order valence-corrected chi connectivity index (χ1v) is 12.8. The number of carbonyl (C=O) groups is 1. The molecule has 2 N–H and O–H groups in total. The third kappa shape index (κ3) is 5.93. The summed E-state index contributed by atoms with van der Waals surface area (Å²) in [6, 6.07) is 15.9. The van der Waals surface area contributed by atoms with Crippen molar-refractivity contribution in [1.29, 1.82) is 0 Å². The number of anilines is 1. The quantitative estimate of drug-likeness (QED) is 0.318. The van der Waals surface area contributed by atoms with E-state index >= 15 is 0 Å². The molecule has 0 saturated carbocycles. The number of pyridine rings is 1. The first-order valence-electron chi connectivity index (χ1n) is 12.4. The maximum atomic E-state index is 14.1. The molecule has 0 aliphatic carbocycles. The van der Waals surface area contributed by atoms with E-state index in [2.05, 4.69) is 25.6 Å². The minimum Gasteiger partial charge on any atom is -0.383 e. The van der Waals surface area contributed by atoms with E-state index in [-0.39, 0.29) is 22.8 Å². The van der Waals surface area contributed by atoms with Gasteiger partial charge in [0, 0.05) is 44.4 Å². The van der Waals surface area contributed by atoms with Gasteiger partial charge in [-0.25, -0.2) is 18.3 Å². The van der Waals surface area contributed by atoms with Gasteiger partial charge in [-0.15, -0.1) is 0 Å². The maximum absolute atomic E-state index is 14.1. The predicted octanol–water partition coefficient (Wildman–Crippen LogP) is 5.10. The van der Waals surface area contributed by atoms with Crippen molar-refractivity contribution in [1.82, 2.24) is 25.0 Å². The number of benzene rings is 2. The molecule has 8 nitrogen and oxygen atoms in total. The van der Waals surface area contributed by atoms with Gasteiger partial charge in [0.05, 0.1) is 24.5 Å². The minimum absolute atomic E-state index is 0.263. The van der Waals surface area contributed by atoms with Gasteiger partial charge in [-0.1, -0.05) is 48.0 Å². The van der Waals surface area contributed by atoms with Gasteiger partial charge in [-0.3, -0.25) is 15.2 Å². The zero-order chi connectivity index (χ0) is 27.4. The highest BCUT2D eigenvalue weighted by molar-refractivity contribution is 6.36. The summed E-state index contributed by atoms with van der Waals surface area (Å²) >= 11 is 6.77. The van der Waals surface area contributed by atoms with Crippen LogP contribution in [0.1, 0.15) is 11.5 Å². The van der Waals surface area contributed by atoms with Crippen LogP contribution in [0.4, 0.5) is 19.4 Å². The van der Waals surface area contributed by atoms with Crippen molar-refractivity contribution in [3.8, 4) is 16.9 Å². The molecular weight excluding hydrogens is 526 g/mol. The van der Waals surface area contributed by atoms with E-state index < -0.39 is 17.7 Å². The molecule has 1 fully saturated rings. The first kappa shape index (κ1) is 26.7. The predicted molar refractivity (Wildman–Crippen MR) is 145 cm³/mol. The number of amides is 2. The second kappa shape index (κ2) is 11.9. The second-order valence-corrected chi connectivity index (χ2v) is 9.62. The van der Waals surface area contributed by atoms with Crippen molar-refractivity contribution >= 4 is 23.4 Å². The molecule has 0 bridgehead atoms. The van der Waals surface area contributed by atoms with Crippen LogP contribution in [0.2, 0.25) is 5.02 Å². The molecule has 202 valence electrons. The van der Waals surface area contributed by atoms with Gasteiger partial charge in [0.25, 0.3) is 0 Å². The summed E-state index contributed by atoms with van der Waals surface area (Å²) in [5.74, 6) is -1.82. The number of hydrogen-bond donors (Lipinski definition) is 2. The van der Waals surface area contributed by atoms with Crippen LogP contribution >= 0.6 is 11.6 Å². The van der Waals surface area contributed by atoms with Gasteiger partial charge in [0.1, 0.15) is 10.7 Å². The molecular formula is C28H27ClF2N6O2. The van der Waals surface area contributed by atoms with Gasteiger partial charge < -0.3 is 10.1 Å². The lowest BCUT2D eigenvalue weighted by Crippen LogP contribution is -2.42. The molecule has 5 rings (SSSR count). The average Bonchev–Trinajstić information content (AvgIpc) is 3.50. The molecule has 3 heterocycles. The van der Waals surface area contributed by atoms with Crippen LogP contribution in [0.25, 0.3) is 16.9 Å². The molecule has 1 aliphatic rings. The summed E-state index contributed by atoms with van der Waals surface area (Å²) in [6.07, 6.45) is 3.26. The van der Waals surface area contributed by atoms with Gasteiger partial charge in [-0.05, 0) is 29.8 Å². The lowest BCUT2D eigenvalue weighted by molar-refractivity contribution is 0.159. The zero-order valence-electron chi connectivity index (χ0n) is 21.2. The number of carbonyl (C=O) groups excluding carboxylic acids is 1. The highest BCUT2D eigenvalue weighted by atomic mass is 35.5. The third-order valence-electron chi connectivity index (χ3n) is 6.69. The molecule has 0 radical (unpaired) electrons. The van der Waals surface area contributed by atoms with Crippen LogP contribution in [0.3, 0.4) is 0 Å². The van der Waals surface area contributed by atoms with Crippen LogP contribution in [-0.2, 0) is 4.74 Å². The van der Waals surface area contributed by atoms with E-state index in [0.29, 0.717) is 43.2 Å². The first-order chi connectivity index (χ1) is 18.9. The molecule has 2 aromatic carbocycles. The fourth-order valence-corrected chi connectivity index (χ4v) is 5.05. The minimum atomic E-state index is -0.924. The fraction of sp³-hybridized carbons (Fsp3) is 0.250. The Morgan fingerprint density at radius 2 is 1.92 bits per heavy atom. The Bertz CT molecular complexity index is 1440. The number of hydrogen-bond acceptors (Lipinski definition) is 5. The normalized spacial score (nSPS) is 17.3. The molecule has 1 aliphatic heterocycles. The number of ether oxygens (including phenoxy) is 1. The smallest absolute Gasteiger partial charge is 0.320 e. The van der Waals surface area contributed by atoms with E-state index in [1.165, 1.54) is 10.7 Å². The van der Waals surface area contributed by atoms with Crippen molar-refractivity contribution in [2.45, 2.75) is 12.0 Å². The fourth-order valence-electron chi connectivity index (χ4n) is 4.78. The largest absolute Gasteiger partial charge is 0.383 e. The molecule has 11 heteroatoms. The van der Waals surface area contributed by atoms with Crippen molar-refractivity contribution in [2.24, 2.45) is 0 Å². The topological polar surface area (TPSA) is 84.3 Å². The van der Waals surface area contributed by atoms with Crippen molar-refractivity contribution in [2.75, 3.05) is 38.7 Å². The Labute approximate surface area is 229 Å². The van der Waals surface area contributed by atoms with E-state index in [1.54, 1.807) is 37.7 Å². The summed E-state index contributed by atoms with van der Waals surface area (Å²) in [7, 11) is 1.62. The van der Waals surface area contributed by atoms with Crippen molar-refractivity contribution in [3.05, 3.63) is 95.3 Å². The van der Waals surface area contributed by atoms with Gasteiger partial charge >= 0.3 is 6.03 Å². The number of nitrogens with one attached hydrogen (secondary N) is 2. The second-order valence-electron chi connectivity index (χ2n) is 9.24. The zero-order valence-corrected chi connectivity index (χ0v) is 21.9. The number of urea groups is 1. The Morgan fingerprint density at radius 1 is 1.10 bits per heavy atom. The molecule has 2 aromatic heterocycles. The number of halogens is 3. The van der Waals surface area contributed by atoms with E-state index in [0.717, 1.165) is 11.6 Å². The molecule has 39 heavy (non-hydrogen) atoms. The van der Waals surface area contributed by atoms with Crippen molar-refractivity contribution in [3.63, 3.8) is 0 Å². The highest BCUT2D eigenvalue weighted by Crippen LogP contribution is 2.35. The van der Waals surface area contributed by atoms with E-state index in [9.17, 15) is 13.6 Å². The number of aromatic nitrogens is 3. The number of rotatable bonds is 8. The summed E-state index contributed by atoms with van der Waals surface area (Å²) < 4.78 is 34.4. The SMILES string of the molecule is COCCN1CC(NC(=O)Nc2c(Cl)c(-c3ccccc3)nn2-c2cccnc2)C(c2ccc(F)c(F)c2)C1. The van der Waals surface area contributed by atoms with E-state index in [4.69, 9.17) is 16.3 Å². The Kier molecular flexibility index (Phi) is 8.16.